The molecule has 0 aromatic heterocycles. The van der Waals surface area contributed by atoms with Crippen LogP contribution in [0, 0.1) is 11.3 Å². The largest absolute Gasteiger partial charge is 0.488 e. The second kappa shape index (κ2) is 3.92. The van der Waals surface area contributed by atoms with Gasteiger partial charge in [0.1, 0.15) is 0 Å². The lowest BCUT2D eigenvalue weighted by Gasteiger charge is -2.01. The van der Waals surface area contributed by atoms with Crippen LogP contribution < -0.4 is 5.46 Å². The van der Waals surface area contributed by atoms with Crippen molar-refractivity contribution in [3.8, 4) is 6.07 Å². The molecule has 1 rings (SSSR count). The zero-order valence-corrected chi connectivity index (χ0v) is 7.01. The van der Waals surface area contributed by atoms with Crippen LogP contribution in [-0.2, 0) is 0 Å². The van der Waals surface area contributed by atoms with Crippen LogP contribution in [0.2, 0.25) is 0 Å². The summed E-state index contributed by atoms with van der Waals surface area (Å²) in [5.41, 5.74) is -0.0819. The third-order valence-corrected chi connectivity index (χ3v) is 1.63. The van der Waals surface area contributed by atoms with E-state index in [1.807, 2.05) is 0 Å². The molecule has 0 radical (unpaired) electrons. The van der Waals surface area contributed by atoms with E-state index in [0.717, 1.165) is 12.1 Å². The molecular weight excluding hydrogens is 185 g/mol. The topological polar surface area (TPSA) is 102 Å². The number of carboxylic acids is 1. The zero-order chi connectivity index (χ0) is 10.7. The third kappa shape index (κ3) is 2.10. The second-order valence-corrected chi connectivity index (χ2v) is 2.63. The van der Waals surface area contributed by atoms with Crippen molar-refractivity contribution in [2.24, 2.45) is 0 Å². The summed E-state index contributed by atoms with van der Waals surface area (Å²) >= 11 is 0. The zero-order valence-electron chi connectivity index (χ0n) is 7.01. The molecule has 0 heterocycles. The lowest BCUT2D eigenvalue weighted by Crippen LogP contribution is -2.30. The fourth-order valence-electron chi connectivity index (χ4n) is 0.989. The van der Waals surface area contributed by atoms with Crippen molar-refractivity contribution >= 4 is 18.6 Å². The lowest BCUT2D eigenvalue weighted by atomic mass is 9.79. The Balaban J connectivity index is 3.29. The first kappa shape index (κ1) is 10.2. The number of nitrogens with zero attached hydrogens (tertiary/aromatic N) is 1. The number of nitriles is 1. The lowest BCUT2D eigenvalue weighted by molar-refractivity contribution is 0.0697. The number of benzene rings is 1. The highest BCUT2D eigenvalue weighted by molar-refractivity contribution is 6.58. The summed E-state index contributed by atoms with van der Waals surface area (Å²) in [6.45, 7) is 0. The van der Waals surface area contributed by atoms with Crippen molar-refractivity contribution in [1.82, 2.24) is 0 Å². The monoisotopic (exact) mass is 191 g/mol. The molecule has 0 aliphatic rings. The molecule has 70 valence electrons. The van der Waals surface area contributed by atoms with Crippen molar-refractivity contribution in [3.05, 3.63) is 29.3 Å². The van der Waals surface area contributed by atoms with Crippen molar-refractivity contribution in [2.45, 2.75) is 0 Å². The fourth-order valence-corrected chi connectivity index (χ4v) is 0.989. The summed E-state index contributed by atoms with van der Waals surface area (Å²) in [6.07, 6.45) is 0. The average Bonchev–Trinajstić information content (AvgIpc) is 2.16. The minimum absolute atomic E-state index is 0.0125. The van der Waals surface area contributed by atoms with E-state index in [0.29, 0.717) is 0 Å². The maximum absolute atomic E-state index is 10.6. The predicted molar refractivity (Wildman–Crippen MR) is 47.9 cm³/mol. The van der Waals surface area contributed by atoms with Crippen LogP contribution in [0.4, 0.5) is 0 Å². The highest BCUT2D eigenvalue weighted by Crippen LogP contribution is 2.02. The Kier molecular flexibility index (Phi) is 2.87. The van der Waals surface area contributed by atoms with E-state index < -0.39 is 13.1 Å². The van der Waals surface area contributed by atoms with Crippen molar-refractivity contribution in [2.75, 3.05) is 0 Å². The molecule has 0 amide bonds. The molecule has 0 aliphatic heterocycles. The van der Waals surface area contributed by atoms with Crippen molar-refractivity contribution in [1.29, 1.82) is 5.26 Å². The molecule has 5 nitrogen and oxygen atoms in total. The molecule has 0 bridgehead atoms. The van der Waals surface area contributed by atoms with Gasteiger partial charge in [0.25, 0.3) is 0 Å². The van der Waals surface area contributed by atoms with E-state index in [2.05, 4.69) is 0 Å². The van der Waals surface area contributed by atoms with Crippen LogP contribution in [0.3, 0.4) is 0 Å². The molecule has 0 aliphatic carbocycles. The van der Waals surface area contributed by atoms with E-state index >= 15 is 0 Å². The Hall–Kier alpha value is -1.84. The summed E-state index contributed by atoms with van der Waals surface area (Å²) in [7, 11) is -1.78. The van der Waals surface area contributed by atoms with Gasteiger partial charge in [-0.1, -0.05) is 0 Å². The van der Waals surface area contributed by atoms with Crippen LogP contribution in [0.15, 0.2) is 18.2 Å². The number of aromatic carboxylic acids is 1. The van der Waals surface area contributed by atoms with Gasteiger partial charge in [0.05, 0.1) is 17.2 Å². The SMILES string of the molecule is N#Cc1cc(B(O)O)cc(C(=O)O)c1. The number of rotatable bonds is 2. The third-order valence-electron chi connectivity index (χ3n) is 1.63. The van der Waals surface area contributed by atoms with Crippen LogP contribution in [0.5, 0.6) is 0 Å². The summed E-state index contributed by atoms with van der Waals surface area (Å²) in [5.74, 6) is -1.22. The molecule has 0 atom stereocenters. The fraction of sp³-hybridized carbons (Fsp3) is 0. The van der Waals surface area contributed by atoms with Gasteiger partial charge in [-0.25, -0.2) is 4.79 Å². The summed E-state index contributed by atoms with van der Waals surface area (Å²) in [4.78, 5) is 10.6. The minimum atomic E-state index is -1.78. The summed E-state index contributed by atoms with van der Waals surface area (Å²) in [5, 5.41) is 34.8. The van der Waals surface area contributed by atoms with Gasteiger partial charge in [-0.15, -0.1) is 0 Å². The van der Waals surface area contributed by atoms with Crippen LogP contribution in [0.25, 0.3) is 0 Å². The molecular formula is C8H6BNO4. The summed E-state index contributed by atoms with van der Waals surface area (Å²) in [6, 6.07) is 5.22. The Morgan fingerprint density at radius 2 is 2.00 bits per heavy atom. The van der Waals surface area contributed by atoms with Crippen LogP contribution >= 0.6 is 0 Å². The van der Waals surface area contributed by atoms with Gasteiger partial charge >= 0.3 is 13.1 Å². The van der Waals surface area contributed by atoms with E-state index in [1.165, 1.54) is 6.07 Å². The smallest absolute Gasteiger partial charge is 0.478 e. The van der Waals surface area contributed by atoms with Crippen molar-refractivity contribution in [3.63, 3.8) is 0 Å². The minimum Gasteiger partial charge on any atom is -0.478 e. The molecule has 3 N–H and O–H groups in total. The van der Waals surface area contributed by atoms with E-state index in [4.69, 9.17) is 20.4 Å². The van der Waals surface area contributed by atoms with E-state index in [-0.39, 0.29) is 16.6 Å². The van der Waals surface area contributed by atoms with Gasteiger partial charge in [0.2, 0.25) is 0 Å². The molecule has 0 spiro atoms. The molecule has 1 aromatic rings. The van der Waals surface area contributed by atoms with Crippen LogP contribution in [0.1, 0.15) is 15.9 Å². The van der Waals surface area contributed by atoms with Crippen molar-refractivity contribution < 1.29 is 19.9 Å². The highest BCUT2D eigenvalue weighted by atomic mass is 16.4. The molecule has 0 saturated carbocycles. The van der Waals surface area contributed by atoms with E-state index in [9.17, 15) is 4.79 Å². The Labute approximate surface area is 80.0 Å². The van der Waals surface area contributed by atoms with Gasteiger partial charge in [0.15, 0.2) is 0 Å². The highest BCUT2D eigenvalue weighted by Gasteiger charge is 2.15. The maximum atomic E-state index is 10.6. The number of carboxylic acid groups (broad SMARTS) is 1. The maximum Gasteiger partial charge on any atom is 0.488 e. The Morgan fingerprint density at radius 1 is 1.36 bits per heavy atom. The number of hydrogen-bond donors (Lipinski definition) is 3. The first-order chi connectivity index (χ1) is 6.54. The standard InChI is InChI=1S/C8H6BNO4/c10-4-5-1-6(8(11)12)3-7(2-5)9(13)14/h1-3,13-14H,(H,11,12). The predicted octanol–water partition coefficient (Wildman–Crippen LogP) is -1.06. The number of hydrogen-bond acceptors (Lipinski definition) is 4. The number of carbonyl (C=O) groups is 1. The molecule has 6 heteroatoms. The Morgan fingerprint density at radius 3 is 2.43 bits per heavy atom. The van der Waals surface area contributed by atoms with Crippen LogP contribution in [-0.4, -0.2) is 28.2 Å². The first-order valence-corrected chi connectivity index (χ1v) is 3.69. The molecule has 0 unspecified atom stereocenters. The molecule has 0 saturated heterocycles. The van der Waals surface area contributed by atoms with Gasteiger partial charge in [-0.2, -0.15) is 5.26 Å². The normalized spacial score (nSPS) is 9.21. The van der Waals surface area contributed by atoms with Gasteiger partial charge in [0, 0.05) is 0 Å². The van der Waals surface area contributed by atoms with Gasteiger partial charge < -0.3 is 15.2 Å². The Bertz CT molecular complexity index is 410. The van der Waals surface area contributed by atoms with E-state index in [1.54, 1.807) is 6.07 Å². The molecule has 1 aromatic carbocycles. The molecule has 14 heavy (non-hydrogen) atoms. The first-order valence-electron chi connectivity index (χ1n) is 3.69. The van der Waals surface area contributed by atoms with Gasteiger partial charge in [-0.3, -0.25) is 0 Å². The quantitative estimate of drug-likeness (QED) is 0.517. The second-order valence-electron chi connectivity index (χ2n) is 2.63. The van der Waals surface area contributed by atoms with Gasteiger partial charge in [-0.05, 0) is 23.7 Å². The summed E-state index contributed by atoms with van der Waals surface area (Å²) < 4.78 is 0. The average molecular weight is 191 g/mol. The molecule has 0 fully saturated rings.